The summed E-state index contributed by atoms with van der Waals surface area (Å²) in [5, 5.41) is 13.3. The van der Waals surface area contributed by atoms with Crippen LogP contribution in [0.2, 0.25) is 0 Å². The van der Waals surface area contributed by atoms with Gasteiger partial charge in [-0.05, 0) is 30.3 Å². The summed E-state index contributed by atoms with van der Waals surface area (Å²) in [5.74, 6) is 0. The number of hydrogen-bond acceptors (Lipinski definition) is 5. The second kappa shape index (κ2) is 7.52. The molecule has 1 fully saturated rings. The molecule has 5 nitrogen and oxygen atoms in total. The number of nitrogens with zero attached hydrogens (tertiary/aromatic N) is 3. The Kier molecular flexibility index (Phi) is 5.07. The van der Waals surface area contributed by atoms with E-state index < -0.39 is 18.1 Å². The molecule has 1 atom stereocenters. The molecule has 0 amide bonds. The van der Waals surface area contributed by atoms with E-state index in [0.29, 0.717) is 25.3 Å². The molecule has 28 heavy (non-hydrogen) atoms. The van der Waals surface area contributed by atoms with Crippen LogP contribution in [-0.2, 0) is 6.18 Å². The molecular weight excluding hydrogens is 369 g/mol. The topological polar surface area (TPSA) is 42.0 Å². The van der Waals surface area contributed by atoms with Crippen LogP contribution in [0.25, 0.3) is 0 Å². The van der Waals surface area contributed by atoms with E-state index >= 15 is 0 Å². The van der Waals surface area contributed by atoms with Crippen LogP contribution in [0.1, 0.15) is 5.56 Å². The average molecular weight is 392 g/mol. The molecule has 0 spiro atoms. The Morgan fingerprint density at radius 1 is 0.964 bits per heavy atom. The summed E-state index contributed by atoms with van der Waals surface area (Å²) in [6, 6.07) is 13.3. The maximum Gasteiger partial charge on any atom is 0.416 e. The molecule has 2 aromatic carbocycles. The summed E-state index contributed by atoms with van der Waals surface area (Å²) in [6.45, 7) is 4.36. The van der Waals surface area contributed by atoms with E-state index in [1.54, 1.807) is 6.07 Å². The summed E-state index contributed by atoms with van der Waals surface area (Å²) in [5.41, 5.74) is 1.91. The van der Waals surface area contributed by atoms with Crippen LogP contribution in [-0.4, -0.2) is 55.6 Å². The lowest BCUT2D eigenvalue weighted by atomic mass is 10.1. The van der Waals surface area contributed by atoms with Crippen LogP contribution in [0.15, 0.2) is 48.5 Å². The normalized spacial score (nSPS) is 20.2. The minimum absolute atomic E-state index is 0.610. The Morgan fingerprint density at radius 3 is 2.46 bits per heavy atom. The van der Waals surface area contributed by atoms with Crippen molar-refractivity contribution in [1.29, 1.82) is 0 Å². The predicted octanol–water partition coefficient (Wildman–Crippen LogP) is 3.04. The van der Waals surface area contributed by atoms with Gasteiger partial charge in [0.1, 0.15) is 0 Å². The highest BCUT2D eigenvalue weighted by atomic mass is 19.4. The van der Waals surface area contributed by atoms with Crippen LogP contribution < -0.4 is 15.1 Å². The average Bonchev–Trinajstić information content (AvgIpc) is 3.01. The second-order valence-corrected chi connectivity index (χ2v) is 7.11. The van der Waals surface area contributed by atoms with Gasteiger partial charge in [0.25, 0.3) is 0 Å². The van der Waals surface area contributed by atoms with Crippen molar-refractivity contribution in [2.45, 2.75) is 12.5 Å². The first-order valence-electron chi connectivity index (χ1n) is 9.37. The van der Waals surface area contributed by atoms with Gasteiger partial charge in [0.15, 0.2) is 0 Å². The summed E-state index contributed by atoms with van der Waals surface area (Å²) >= 11 is 0. The van der Waals surface area contributed by atoms with E-state index in [1.807, 2.05) is 34.1 Å². The first kappa shape index (κ1) is 18.9. The Bertz CT molecular complexity index is 821. The van der Waals surface area contributed by atoms with Crippen molar-refractivity contribution in [1.82, 2.24) is 4.90 Å². The predicted molar refractivity (Wildman–Crippen MR) is 104 cm³/mol. The minimum atomic E-state index is -4.32. The molecule has 2 aromatic rings. The zero-order chi connectivity index (χ0) is 19.7. The summed E-state index contributed by atoms with van der Waals surface area (Å²) in [4.78, 5) is 6.19. The molecule has 0 radical (unpaired) electrons. The molecule has 4 rings (SSSR count). The Balaban J connectivity index is 1.32. The van der Waals surface area contributed by atoms with Crippen LogP contribution in [0, 0.1) is 0 Å². The molecule has 1 saturated heterocycles. The highest BCUT2D eigenvalue weighted by Crippen LogP contribution is 2.33. The number of hydrogen-bond donors (Lipinski definition) is 2. The van der Waals surface area contributed by atoms with Gasteiger partial charge in [-0.1, -0.05) is 18.2 Å². The van der Waals surface area contributed by atoms with E-state index in [0.717, 1.165) is 37.1 Å². The zero-order valence-corrected chi connectivity index (χ0v) is 15.4. The molecular formula is C20H23F3N4O. The lowest BCUT2D eigenvalue weighted by molar-refractivity contribution is -0.137. The van der Waals surface area contributed by atoms with Crippen molar-refractivity contribution in [3.8, 4) is 0 Å². The SMILES string of the molecule is OC1Nc2ccccc2N1CCN1CCN(c2cccc(C(F)(F)F)c2)CC1. The quantitative estimate of drug-likeness (QED) is 0.837. The van der Waals surface area contributed by atoms with Crippen molar-refractivity contribution in [2.75, 3.05) is 54.4 Å². The standard InChI is InChI=1S/C20H23F3N4O/c21-20(22,23)15-4-3-5-16(14-15)26-11-8-25(9-12-26)10-13-27-18-7-2-1-6-17(18)24-19(27)28/h1-7,14,19,24,28H,8-13H2. The van der Waals surface area contributed by atoms with E-state index in [2.05, 4.69) is 10.2 Å². The maximum absolute atomic E-state index is 12.9. The fraction of sp³-hybridized carbons (Fsp3) is 0.400. The van der Waals surface area contributed by atoms with Crippen LogP contribution in [0.4, 0.5) is 30.2 Å². The van der Waals surface area contributed by atoms with Crippen molar-refractivity contribution in [3.63, 3.8) is 0 Å². The van der Waals surface area contributed by atoms with Gasteiger partial charge in [0, 0.05) is 45.0 Å². The number of anilines is 3. The van der Waals surface area contributed by atoms with Gasteiger partial charge >= 0.3 is 6.18 Å². The lowest BCUT2D eigenvalue weighted by Crippen LogP contribution is -2.49. The molecule has 1 unspecified atom stereocenters. The second-order valence-electron chi connectivity index (χ2n) is 7.11. The summed E-state index contributed by atoms with van der Waals surface area (Å²) in [6.07, 6.45) is -5.05. The molecule has 0 bridgehead atoms. The first-order chi connectivity index (χ1) is 13.4. The van der Waals surface area contributed by atoms with Gasteiger partial charge in [0.2, 0.25) is 6.35 Å². The Labute approximate surface area is 162 Å². The molecule has 2 aliphatic rings. The van der Waals surface area contributed by atoms with E-state index in [4.69, 9.17) is 0 Å². The number of aliphatic hydroxyl groups excluding tert-OH is 1. The number of para-hydroxylation sites is 2. The van der Waals surface area contributed by atoms with Crippen molar-refractivity contribution in [2.24, 2.45) is 0 Å². The van der Waals surface area contributed by atoms with Crippen molar-refractivity contribution in [3.05, 3.63) is 54.1 Å². The highest BCUT2D eigenvalue weighted by Gasteiger charge is 2.31. The monoisotopic (exact) mass is 392 g/mol. The first-order valence-corrected chi connectivity index (χ1v) is 9.37. The smallest absolute Gasteiger partial charge is 0.369 e. The van der Waals surface area contributed by atoms with Gasteiger partial charge in [-0.15, -0.1) is 0 Å². The number of fused-ring (bicyclic) bond motifs is 1. The summed E-state index contributed by atoms with van der Waals surface area (Å²) < 4.78 is 38.8. The number of aliphatic hydroxyl groups is 1. The van der Waals surface area contributed by atoms with Crippen LogP contribution in [0.3, 0.4) is 0 Å². The Morgan fingerprint density at radius 2 is 1.71 bits per heavy atom. The molecule has 0 saturated carbocycles. The number of piperazine rings is 1. The molecule has 150 valence electrons. The zero-order valence-electron chi connectivity index (χ0n) is 15.4. The number of alkyl halides is 3. The van der Waals surface area contributed by atoms with Gasteiger partial charge < -0.3 is 20.2 Å². The minimum Gasteiger partial charge on any atom is -0.369 e. The molecule has 2 heterocycles. The van der Waals surface area contributed by atoms with Crippen LogP contribution >= 0.6 is 0 Å². The lowest BCUT2D eigenvalue weighted by Gasteiger charge is -2.37. The fourth-order valence-corrected chi connectivity index (χ4v) is 3.80. The van der Waals surface area contributed by atoms with Gasteiger partial charge in [-0.3, -0.25) is 4.90 Å². The fourth-order valence-electron chi connectivity index (χ4n) is 3.80. The third kappa shape index (κ3) is 3.88. The third-order valence-electron chi connectivity index (χ3n) is 5.36. The summed E-state index contributed by atoms with van der Waals surface area (Å²) in [7, 11) is 0. The van der Waals surface area contributed by atoms with Crippen molar-refractivity contribution < 1.29 is 18.3 Å². The number of halogens is 3. The number of nitrogens with one attached hydrogen (secondary N) is 1. The maximum atomic E-state index is 12.9. The highest BCUT2D eigenvalue weighted by molar-refractivity contribution is 5.75. The molecule has 2 aliphatic heterocycles. The largest absolute Gasteiger partial charge is 0.416 e. The number of benzene rings is 2. The third-order valence-corrected chi connectivity index (χ3v) is 5.36. The van der Waals surface area contributed by atoms with Gasteiger partial charge in [-0.2, -0.15) is 13.2 Å². The van der Waals surface area contributed by atoms with E-state index in [9.17, 15) is 18.3 Å². The van der Waals surface area contributed by atoms with Gasteiger partial charge in [0.05, 0.1) is 16.9 Å². The van der Waals surface area contributed by atoms with E-state index in [1.165, 1.54) is 12.1 Å². The molecule has 8 heteroatoms. The van der Waals surface area contributed by atoms with Crippen LogP contribution in [0.5, 0.6) is 0 Å². The number of rotatable bonds is 4. The molecule has 0 aromatic heterocycles. The molecule has 0 aliphatic carbocycles. The molecule has 2 N–H and O–H groups in total. The Hall–Kier alpha value is -2.45. The van der Waals surface area contributed by atoms with Gasteiger partial charge in [-0.25, -0.2) is 0 Å². The van der Waals surface area contributed by atoms with Crippen molar-refractivity contribution >= 4 is 17.1 Å². The van der Waals surface area contributed by atoms with E-state index in [-0.39, 0.29) is 0 Å².